The zero-order chi connectivity index (χ0) is 21.2. The van der Waals surface area contributed by atoms with Crippen LogP contribution in [0.1, 0.15) is 93.0 Å². The molecule has 0 spiro atoms. The Hall–Kier alpha value is -2.51. The molecule has 0 aliphatic heterocycles. The average Bonchev–Trinajstić information content (AvgIpc) is 2.81. The highest BCUT2D eigenvalue weighted by Crippen LogP contribution is 2.33. The van der Waals surface area contributed by atoms with E-state index in [1.165, 1.54) is 62.5 Å². The summed E-state index contributed by atoms with van der Waals surface area (Å²) < 4.78 is 0. The van der Waals surface area contributed by atoms with Crippen molar-refractivity contribution < 1.29 is 0 Å². The van der Waals surface area contributed by atoms with E-state index in [0.717, 1.165) is 41.4 Å². The quantitative estimate of drug-likeness (QED) is 0.445. The monoisotopic (exact) mass is 397 g/mol. The van der Waals surface area contributed by atoms with Gasteiger partial charge in [0, 0.05) is 11.1 Å². The summed E-state index contributed by atoms with van der Waals surface area (Å²) in [7, 11) is 0. The molecule has 0 N–H and O–H groups in total. The fraction of sp³-hybridized carbons (Fsp3) is 0.483. The zero-order valence-corrected chi connectivity index (χ0v) is 18.7. The van der Waals surface area contributed by atoms with Gasteiger partial charge in [0.1, 0.15) is 0 Å². The van der Waals surface area contributed by atoms with Crippen LogP contribution in [0.15, 0.2) is 42.5 Å². The molecule has 1 heteroatoms. The molecule has 1 nitrogen and oxygen atoms in total. The van der Waals surface area contributed by atoms with Crippen molar-refractivity contribution in [2.45, 2.75) is 78.1 Å². The molecule has 1 aliphatic carbocycles. The Labute approximate surface area is 183 Å². The maximum atomic E-state index is 9.63. The number of rotatable bonds is 7. The van der Waals surface area contributed by atoms with Gasteiger partial charge in [-0.05, 0) is 72.9 Å². The molecule has 156 valence electrons. The smallest absolute Gasteiger partial charge is 0.0994 e. The maximum absolute atomic E-state index is 9.63. The van der Waals surface area contributed by atoms with E-state index in [1.54, 1.807) is 0 Å². The molecule has 0 amide bonds. The third kappa shape index (κ3) is 6.50. The summed E-state index contributed by atoms with van der Waals surface area (Å²) >= 11 is 0. The van der Waals surface area contributed by atoms with Gasteiger partial charge in [0.15, 0.2) is 0 Å². The largest absolute Gasteiger partial charge is 0.192 e. The van der Waals surface area contributed by atoms with Crippen molar-refractivity contribution in [3.05, 3.63) is 70.3 Å². The predicted octanol–water partition coefficient (Wildman–Crippen LogP) is 7.45. The van der Waals surface area contributed by atoms with Crippen molar-refractivity contribution in [1.82, 2.24) is 0 Å². The summed E-state index contributed by atoms with van der Waals surface area (Å²) in [5, 5.41) is 9.63. The molecule has 2 aromatic rings. The second kappa shape index (κ2) is 11.6. The number of hydrogen-bond donors (Lipinski definition) is 0. The summed E-state index contributed by atoms with van der Waals surface area (Å²) in [6.07, 6.45) is 12.6. The van der Waals surface area contributed by atoms with Gasteiger partial charge >= 0.3 is 0 Å². The van der Waals surface area contributed by atoms with Crippen LogP contribution in [0.25, 0.3) is 0 Å². The Morgan fingerprint density at radius 2 is 1.50 bits per heavy atom. The van der Waals surface area contributed by atoms with Gasteiger partial charge in [0.25, 0.3) is 0 Å². The average molecular weight is 398 g/mol. The van der Waals surface area contributed by atoms with Gasteiger partial charge in [0.05, 0.1) is 11.6 Å². The molecule has 1 aliphatic rings. The summed E-state index contributed by atoms with van der Waals surface area (Å²) in [5.74, 6) is 8.27. The minimum Gasteiger partial charge on any atom is -0.192 e. The van der Waals surface area contributed by atoms with Gasteiger partial charge in [-0.1, -0.05) is 82.4 Å². The van der Waals surface area contributed by atoms with Crippen LogP contribution in [0.5, 0.6) is 0 Å². The highest BCUT2D eigenvalue weighted by atomic mass is 14.3. The fourth-order valence-corrected chi connectivity index (χ4v) is 4.54. The van der Waals surface area contributed by atoms with Crippen LogP contribution in [-0.4, -0.2) is 0 Å². The van der Waals surface area contributed by atoms with Crippen LogP contribution in [0.4, 0.5) is 0 Å². The molecular formula is C29H35N. The third-order valence-electron chi connectivity index (χ3n) is 6.72. The highest BCUT2D eigenvalue weighted by molar-refractivity contribution is 5.49. The summed E-state index contributed by atoms with van der Waals surface area (Å²) in [5.41, 5.74) is 5.30. The normalized spacial score (nSPS) is 18.3. The van der Waals surface area contributed by atoms with Crippen molar-refractivity contribution in [2.75, 3.05) is 0 Å². The van der Waals surface area contributed by atoms with E-state index >= 15 is 0 Å². The van der Waals surface area contributed by atoms with E-state index in [0.29, 0.717) is 0 Å². The van der Waals surface area contributed by atoms with Gasteiger partial charge in [-0.15, -0.1) is 0 Å². The van der Waals surface area contributed by atoms with Crippen molar-refractivity contribution in [1.29, 1.82) is 5.26 Å². The molecule has 2 aromatic carbocycles. The Bertz CT molecular complexity index is 896. The molecule has 0 unspecified atom stereocenters. The van der Waals surface area contributed by atoms with E-state index in [1.807, 2.05) is 6.07 Å². The Balaban J connectivity index is 1.59. The molecule has 1 fully saturated rings. The lowest BCUT2D eigenvalue weighted by Crippen LogP contribution is -2.14. The van der Waals surface area contributed by atoms with E-state index in [4.69, 9.17) is 0 Å². The van der Waals surface area contributed by atoms with Crippen LogP contribution in [-0.2, 0) is 12.8 Å². The first-order valence-corrected chi connectivity index (χ1v) is 11.9. The second-order valence-electron chi connectivity index (χ2n) is 8.87. The molecule has 0 saturated heterocycles. The van der Waals surface area contributed by atoms with Crippen molar-refractivity contribution in [3.63, 3.8) is 0 Å². The third-order valence-corrected chi connectivity index (χ3v) is 6.72. The lowest BCUT2D eigenvalue weighted by atomic mass is 9.78. The Morgan fingerprint density at radius 3 is 2.17 bits per heavy atom. The summed E-state index contributed by atoms with van der Waals surface area (Å²) in [4.78, 5) is 0. The van der Waals surface area contributed by atoms with Gasteiger partial charge in [-0.3, -0.25) is 0 Å². The lowest BCUT2D eigenvalue weighted by molar-refractivity contribution is 0.259. The fourth-order valence-electron chi connectivity index (χ4n) is 4.54. The van der Waals surface area contributed by atoms with E-state index < -0.39 is 0 Å². The minimum atomic E-state index is 0.791. The molecule has 0 radical (unpaired) electrons. The number of nitriles is 1. The number of hydrogen-bond acceptors (Lipinski definition) is 1. The first-order valence-electron chi connectivity index (χ1n) is 11.9. The molecule has 3 rings (SSSR count). The number of nitrogens with zero attached hydrogens (tertiary/aromatic N) is 1. The first-order chi connectivity index (χ1) is 14.7. The van der Waals surface area contributed by atoms with Crippen LogP contribution in [0.2, 0.25) is 0 Å². The standard InChI is InChI=1S/C29H35N/c1-3-5-6-24-11-13-25(14-12-24)15-16-27-18-20-28(29(21-27)22-30)19-17-26-9-7-23(4-2)8-10-26/h11-14,18,20-21,23,26H,3-10,17,19H2,1-2H3. The van der Waals surface area contributed by atoms with Crippen molar-refractivity contribution in [3.8, 4) is 17.9 Å². The van der Waals surface area contributed by atoms with Crippen LogP contribution < -0.4 is 0 Å². The van der Waals surface area contributed by atoms with Gasteiger partial charge in [0.2, 0.25) is 0 Å². The molecule has 30 heavy (non-hydrogen) atoms. The van der Waals surface area contributed by atoms with Gasteiger partial charge < -0.3 is 0 Å². The summed E-state index contributed by atoms with van der Waals surface area (Å²) in [6, 6.07) is 17.1. The van der Waals surface area contributed by atoms with E-state index in [2.05, 4.69) is 68.2 Å². The summed E-state index contributed by atoms with van der Waals surface area (Å²) in [6.45, 7) is 4.54. The van der Waals surface area contributed by atoms with Gasteiger partial charge in [-0.25, -0.2) is 0 Å². The van der Waals surface area contributed by atoms with E-state index in [-0.39, 0.29) is 0 Å². The van der Waals surface area contributed by atoms with Crippen LogP contribution in [0.3, 0.4) is 0 Å². The molecule has 0 bridgehead atoms. The van der Waals surface area contributed by atoms with E-state index in [9.17, 15) is 5.26 Å². The molecular weight excluding hydrogens is 362 g/mol. The molecule has 1 saturated carbocycles. The van der Waals surface area contributed by atoms with Crippen LogP contribution in [0, 0.1) is 35.0 Å². The minimum absolute atomic E-state index is 0.791. The molecule has 0 heterocycles. The number of aryl methyl sites for hydroxylation is 2. The first kappa shape index (κ1) is 22.2. The Morgan fingerprint density at radius 1 is 0.833 bits per heavy atom. The van der Waals surface area contributed by atoms with Crippen molar-refractivity contribution >= 4 is 0 Å². The SMILES string of the molecule is CCCCc1ccc(C#Cc2ccc(CCC3CCC(CC)CC3)c(C#N)c2)cc1. The predicted molar refractivity (Wildman–Crippen MR) is 126 cm³/mol. The van der Waals surface area contributed by atoms with Gasteiger partial charge in [-0.2, -0.15) is 5.26 Å². The second-order valence-corrected chi connectivity index (χ2v) is 8.87. The molecule has 0 aromatic heterocycles. The lowest BCUT2D eigenvalue weighted by Gasteiger charge is -2.27. The molecule has 0 atom stereocenters. The van der Waals surface area contributed by atoms with Crippen molar-refractivity contribution in [2.24, 2.45) is 11.8 Å². The number of benzene rings is 2. The zero-order valence-electron chi connectivity index (χ0n) is 18.7. The topological polar surface area (TPSA) is 23.8 Å². The van der Waals surface area contributed by atoms with Crippen LogP contribution >= 0.6 is 0 Å². The highest BCUT2D eigenvalue weighted by Gasteiger charge is 2.20. The number of unbranched alkanes of at least 4 members (excludes halogenated alkanes) is 1. The maximum Gasteiger partial charge on any atom is 0.0994 e. The Kier molecular flexibility index (Phi) is 8.59.